The zero-order valence-corrected chi connectivity index (χ0v) is 25.2. The van der Waals surface area contributed by atoms with E-state index in [1.165, 1.54) is 6.92 Å². The molecule has 1 aliphatic rings. The van der Waals surface area contributed by atoms with Gasteiger partial charge < -0.3 is 36.4 Å². The van der Waals surface area contributed by atoms with Gasteiger partial charge in [0.1, 0.15) is 17.9 Å². The van der Waals surface area contributed by atoms with Crippen molar-refractivity contribution in [2.45, 2.75) is 82.1 Å². The molecule has 14 nitrogen and oxygen atoms in total. The van der Waals surface area contributed by atoms with Crippen molar-refractivity contribution in [3.05, 3.63) is 35.1 Å². The zero-order valence-electron chi connectivity index (χ0n) is 25.2. The predicted octanol–water partition coefficient (Wildman–Crippen LogP) is 1.64. The second-order valence-corrected chi connectivity index (χ2v) is 10.2. The number of carbonyl (C=O) groups excluding carboxylic acids is 2. The Hall–Kier alpha value is -4.67. The molecule has 1 aromatic carbocycles. The minimum Gasteiger partial charge on any atom is -0.480 e. The summed E-state index contributed by atoms with van der Waals surface area (Å²) in [6, 6.07) is -3.79. The third-order valence-corrected chi connectivity index (χ3v) is 6.27. The summed E-state index contributed by atoms with van der Waals surface area (Å²) in [4.78, 5) is 67.0. The van der Waals surface area contributed by atoms with E-state index in [9.17, 15) is 63.8 Å². The van der Waals surface area contributed by atoms with Gasteiger partial charge in [-0.3, -0.25) is 19.7 Å². The van der Waals surface area contributed by atoms with Gasteiger partial charge in [-0.1, -0.05) is 6.92 Å². The lowest BCUT2D eigenvalue weighted by Crippen LogP contribution is -2.53. The fraction of sp³-hybridized carbons (Fsp3) is 0.538. The number of carboxylic acid groups (broad SMARTS) is 4. The summed E-state index contributed by atoms with van der Waals surface area (Å²) >= 11 is 0. The van der Waals surface area contributed by atoms with E-state index >= 15 is 0 Å². The number of carbonyl (C=O) groups is 6. The van der Waals surface area contributed by atoms with E-state index in [4.69, 9.17) is 30.6 Å². The van der Waals surface area contributed by atoms with Crippen LogP contribution in [-0.2, 0) is 35.2 Å². The maximum Gasteiger partial charge on any atom is 0.490 e. The molecule has 0 aromatic heterocycles. The maximum atomic E-state index is 13.8. The Bertz CT molecular complexity index is 1340. The number of amides is 2. The van der Waals surface area contributed by atoms with E-state index in [2.05, 4.69) is 10.6 Å². The maximum absolute atomic E-state index is 13.8. The van der Waals surface area contributed by atoms with Gasteiger partial charge in [0.05, 0.1) is 6.04 Å². The first kappa shape index (κ1) is 44.3. The Labute approximate surface area is 270 Å². The van der Waals surface area contributed by atoms with Gasteiger partial charge in [0, 0.05) is 37.5 Å². The Kier molecular flexibility index (Phi) is 17.0. The lowest BCUT2D eigenvalue weighted by atomic mass is 10.0. The van der Waals surface area contributed by atoms with Crippen molar-refractivity contribution >= 4 is 35.7 Å². The minimum absolute atomic E-state index is 0.0806. The molecule has 278 valence electrons. The molecule has 2 rings (SSSR count). The predicted molar refractivity (Wildman–Crippen MR) is 144 cm³/mol. The molecule has 5 atom stereocenters. The smallest absolute Gasteiger partial charge is 0.480 e. The van der Waals surface area contributed by atoms with Crippen LogP contribution in [-0.4, -0.2) is 110 Å². The van der Waals surface area contributed by atoms with Crippen LogP contribution < -0.4 is 16.4 Å². The minimum atomic E-state index is -5.08. The average molecular weight is 731 g/mol. The van der Waals surface area contributed by atoms with Crippen LogP contribution in [0.4, 0.5) is 39.5 Å². The largest absolute Gasteiger partial charge is 0.490 e. The van der Waals surface area contributed by atoms with Gasteiger partial charge in [0.2, 0.25) is 11.8 Å². The Morgan fingerprint density at radius 3 is 1.78 bits per heavy atom. The fourth-order valence-electron chi connectivity index (χ4n) is 4.00. The zero-order chi connectivity index (χ0) is 38.6. The molecule has 1 aliphatic heterocycles. The van der Waals surface area contributed by atoms with Crippen LogP contribution in [0.15, 0.2) is 12.1 Å². The van der Waals surface area contributed by atoms with Gasteiger partial charge >= 0.3 is 36.2 Å². The van der Waals surface area contributed by atoms with Crippen LogP contribution in [0.5, 0.6) is 0 Å². The summed E-state index contributed by atoms with van der Waals surface area (Å²) in [5.74, 6) is -12.7. The molecule has 2 amide bonds. The first-order chi connectivity index (χ1) is 22.2. The first-order valence-corrected chi connectivity index (χ1v) is 13.5. The summed E-state index contributed by atoms with van der Waals surface area (Å²) in [7, 11) is 0. The number of alkyl halides is 6. The number of rotatable bonds is 11. The Balaban J connectivity index is 0.00000137. The number of carboxylic acids is 4. The number of hydrogen-bond donors (Lipinski definition) is 7. The highest BCUT2D eigenvalue weighted by Gasteiger charge is 2.42. The number of nitrogens with zero attached hydrogens (tertiary/aromatic N) is 1. The molecule has 1 aromatic rings. The molecule has 0 bridgehead atoms. The van der Waals surface area contributed by atoms with Gasteiger partial charge in [0.25, 0.3) is 0 Å². The lowest BCUT2D eigenvalue weighted by molar-refractivity contribution is -0.193. The normalized spacial score (nSPS) is 17.7. The monoisotopic (exact) mass is 730 g/mol. The highest BCUT2D eigenvalue weighted by molar-refractivity contribution is 5.88. The number of nitrogens with two attached hydrogens (primary N) is 1. The summed E-state index contributed by atoms with van der Waals surface area (Å²) in [6.07, 6.45) is -10.6. The molecule has 49 heavy (non-hydrogen) atoms. The second-order valence-electron chi connectivity index (χ2n) is 10.2. The Morgan fingerprint density at radius 1 is 0.898 bits per heavy atom. The number of hydrogen-bond acceptors (Lipinski definition) is 8. The third-order valence-electron chi connectivity index (χ3n) is 6.27. The van der Waals surface area contributed by atoms with Crippen LogP contribution >= 0.6 is 0 Å². The summed E-state index contributed by atoms with van der Waals surface area (Å²) in [6.45, 7) is 2.93. The van der Waals surface area contributed by atoms with E-state index < -0.39 is 95.7 Å². The molecule has 0 spiro atoms. The van der Waals surface area contributed by atoms with Crippen molar-refractivity contribution in [2.75, 3.05) is 6.54 Å². The van der Waals surface area contributed by atoms with Gasteiger partial charge in [-0.25, -0.2) is 27.6 Å². The molecule has 23 heteroatoms. The molecule has 0 aliphatic carbocycles. The molecule has 1 fully saturated rings. The van der Waals surface area contributed by atoms with E-state index in [-0.39, 0.29) is 37.8 Å². The Morgan fingerprint density at radius 2 is 1.37 bits per heavy atom. The van der Waals surface area contributed by atoms with Gasteiger partial charge in [-0.15, -0.1) is 0 Å². The van der Waals surface area contributed by atoms with Gasteiger partial charge in [0.15, 0.2) is 11.6 Å². The summed E-state index contributed by atoms with van der Waals surface area (Å²) in [5.41, 5.74) is 5.66. The highest BCUT2D eigenvalue weighted by atomic mass is 19.4. The molecule has 8 N–H and O–H groups in total. The third kappa shape index (κ3) is 15.4. The van der Waals surface area contributed by atoms with Crippen LogP contribution in [0.2, 0.25) is 0 Å². The van der Waals surface area contributed by atoms with E-state index in [1.807, 2.05) is 0 Å². The second kappa shape index (κ2) is 18.8. The van der Waals surface area contributed by atoms with E-state index in [0.717, 1.165) is 4.90 Å². The van der Waals surface area contributed by atoms with Crippen LogP contribution in [0.25, 0.3) is 0 Å². The topological polar surface area (TPSA) is 237 Å². The van der Waals surface area contributed by atoms with E-state index in [0.29, 0.717) is 12.1 Å². The molecule has 1 heterocycles. The van der Waals surface area contributed by atoms with Crippen LogP contribution in [0.1, 0.15) is 38.7 Å². The first-order valence-electron chi connectivity index (χ1n) is 13.5. The number of likely N-dealkylation sites (tertiary alicyclic amines) is 1. The standard InChI is InChI=1S/C22H29F3N4O6.2C2HF3O2/c1-3-17(21(32)33)27-10(2)20(31)29-9-13(7-18(29)22(34)35)28-19(30)6-12(26)4-11-5-15(24)16(25)8-14(11)23;2*3-2(4,5)1(6)7/h5,8,10,12-13,17-18,27H,3-4,6-7,9,26H2,1-2H3,(H,28,30)(H,32,33)(H,34,35);2*(H,6,7)/t10-,12+,13-,17-,18-;;/m0../s1. The van der Waals surface area contributed by atoms with Gasteiger partial charge in [-0.2, -0.15) is 26.3 Å². The molecule has 0 radical (unpaired) electrons. The van der Waals surface area contributed by atoms with Gasteiger partial charge in [-0.05, 0) is 31.4 Å². The van der Waals surface area contributed by atoms with Crippen molar-refractivity contribution in [2.24, 2.45) is 5.73 Å². The van der Waals surface area contributed by atoms with Crippen molar-refractivity contribution in [1.29, 1.82) is 0 Å². The molecule has 1 saturated heterocycles. The molecular weight excluding hydrogens is 699 g/mol. The molecule has 0 unspecified atom stereocenters. The molecular formula is C26H31F9N4O10. The van der Waals surface area contributed by atoms with E-state index in [1.54, 1.807) is 6.92 Å². The quantitative estimate of drug-likeness (QED) is 0.127. The lowest BCUT2D eigenvalue weighted by Gasteiger charge is -2.27. The number of nitrogens with one attached hydrogen (secondary N) is 2. The number of benzene rings is 1. The summed E-state index contributed by atoms with van der Waals surface area (Å²) < 4.78 is 104. The van der Waals surface area contributed by atoms with Crippen LogP contribution in [0, 0.1) is 17.5 Å². The fourth-order valence-corrected chi connectivity index (χ4v) is 4.00. The van der Waals surface area contributed by atoms with Crippen molar-refractivity contribution in [3.8, 4) is 0 Å². The SMILES string of the molecule is CC[C@H](N[C@@H](C)C(=O)N1C[C@@H](NC(=O)C[C@H](N)Cc2cc(F)c(F)cc2F)C[C@H]1C(=O)O)C(=O)O.O=C(O)C(F)(F)F.O=C(O)C(F)(F)F. The highest BCUT2D eigenvalue weighted by Crippen LogP contribution is 2.21. The number of halogens is 9. The van der Waals surface area contributed by atoms with Crippen molar-refractivity contribution < 1.29 is 88.7 Å². The van der Waals surface area contributed by atoms with Crippen LogP contribution in [0.3, 0.4) is 0 Å². The molecule has 0 saturated carbocycles. The average Bonchev–Trinajstić information content (AvgIpc) is 3.37. The summed E-state index contributed by atoms with van der Waals surface area (Å²) in [5, 5.41) is 38.2. The number of aliphatic carboxylic acids is 4. The van der Waals surface area contributed by atoms with Crippen molar-refractivity contribution in [1.82, 2.24) is 15.5 Å². The van der Waals surface area contributed by atoms with Crippen molar-refractivity contribution in [3.63, 3.8) is 0 Å².